The van der Waals surface area contributed by atoms with Gasteiger partial charge in [0.25, 0.3) is 10.0 Å². The van der Waals surface area contributed by atoms with Gasteiger partial charge in [-0.3, -0.25) is 0 Å². The van der Waals surface area contributed by atoms with E-state index in [1.54, 1.807) is 0 Å². The minimum atomic E-state index is -5.50. The summed E-state index contributed by atoms with van der Waals surface area (Å²) in [4.78, 5) is 0. The predicted molar refractivity (Wildman–Crippen MR) is 41.8 cm³/mol. The zero-order valence-corrected chi connectivity index (χ0v) is 8.12. The standard InChI is InChI=1S/C4H7F2NO4S2/c1-3-4(2,5)12(8,9)7-13(6,10)11/h3,7H,1H2,2H3. The van der Waals surface area contributed by atoms with Crippen molar-refractivity contribution < 1.29 is 25.1 Å². The maximum Gasteiger partial charge on any atom is 0.385 e. The Bertz CT molecular complexity index is 396. The van der Waals surface area contributed by atoms with Gasteiger partial charge in [-0.05, 0) is 13.0 Å². The highest BCUT2D eigenvalue weighted by Crippen LogP contribution is 2.19. The third-order valence-corrected chi connectivity index (χ3v) is 3.99. The first-order chi connectivity index (χ1) is 5.52. The molecule has 0 rings (SSSR count). The van der Waals surface area contributed by atoms with Gasteiger partial charge in [0, 0.05) is 0 Å². The van der Waals surface area contributed by atoms with Crippen LogP contribution in [0.1, 0.15) is 6.92 Å². The van der Waals surface area contributed by atoms with Gasteiger partial charge < -0.3 is 0 Å². The fraction of sp³-hybridized carbons (Fsp3) is 0.500. The summed E-state index contributed by atoms with van der Waals surface area (Å²) in [7, 11) is -10.5. The molecule has 1 atom stereocenters. The summed E-state index contributed by atoms with van der Waals surface area (Å²) in [5, 5.41) is -3.05. The molecule has 0 fully saturated rings. The molecule has 0 bridgehead atoms. The molecule has 5 nitrogen and oxygen atoms in total. The van der Waals surface area contributed by atoms with Crippen LogP contribution in [0.2, 0.25) is 0 Å². The second-order valence-corrected chi connectivity index (χ2v) is 5.56. The van der Waals surface area contributed by atoms with Crippen molar-refractivity contribution in [3.05, 3.63) is 12.7 Å². The van der Waals surface area contributed by atoms with Crippen LogP contribution in [0.5, 0.6) is 0 Å². The largest absolute Gasteiger partial charge is 0.385 e. The molecule has 0 aliphatic carbocycles. The van der Waals surface area contributed by atoms with Crippen LogP contribution in [-0.4, -0.2) is 21.8 Å². The monoisotopic (exact) mass is 235 g/mol. The average Bonchev–Trinajstić information content (AvgIpc) is 1.81. The molecule has 78 valence electrons. The van der Waals surface area contributed by atoms with Gasteiger partial charge in [-0.15, -0.1) is 0 Å². The van der Waals surface area contributed by atoms with Crippen LogP contribution in [0.15, 0.2) is 12.7 Å². The molecule has 1 unspecified atom stereocenters. The van der Waals surface area contributed by atoms with Gasteiger partial charge >= 0.3 is 10.4 Å². The molecule has 0 aromatic rings. The molecule has 0 heterocycles. The highest BCUT2D eigenvalue weighted by atomic mass is 32.3. The molecule has 0 spiro atoms. The molecule has 1 N–H and O–H groups in total. The zero-order chi connectivity index (χ0) is 10.9. The summed E-state index contributed by atoms with van der Waals surface area (Å²) < 4.78 is 66.4. The summed E-state index contributed by atoms with van der Waals surface area (Å²) in [6.45, 7) is 3.34. The second kappa shape index (κ2) is 3.31. The molecule has 0 aromatic carbocycles. The predicted octanol–water partition coefficient (Wildman–Crippen LogP) is -0.00820. The van der Waals surface area contributed by atoms with Crippen LogP contribution < -0.4 is 4.13 Å². The lowest BCUT2D eigenvalue weighted by Crippen LogP contribution is -2.40. The molecule has 0 aromatic heterocycles. The molecule has 13 heavy (non-hydrogen) atoms. The molecular formula is C4H7F2NO4S2. The lowest BCUT2D eigenvalue weighted by Gasteiger charge is -2.14. The highest BCUT2D eigenvalue weighted by Gasteiger charge is 2.39. The Morgan fingerprint density at radius 3 is 2.00 bits per heavy atom. The smallest absolute Gasteiger partial charge is 0.220 e. The van der Waals surface area contributed by atoms with E-state index in [1.165, 1.54) is 0 Å². The van der Waals surface area contributed by atoms with E-state index in [9.17, 15) is 25.1 Å². The Kier molecular flexibility index (Phi) is 3.17. The molecule has 0 radical (unpaired) electrons. The Hall–Kier alpha value is -0.540. The lowest BCUT2D eigenvalue weighted by atomic mass is 10.4. The third kappa shape index (κ3) is 3.36. The topological polar surface area (TPSA) is 80.3 Å². The van der Waals surface area contributed by atoms with Gasteiger partial charge in [-0.25, -0.2) is 12.8 Å². The van der Waals surface area contributed by atoms with Crippen LogP contribution in [0.4, 0.5) is 8.28 Å². The second-order valence-electron chi connectivity index (χ2n) is 2.21. The van der Waals surface area contributed by atoms with Gasteiger partial charge in [0.05, 0.1) is 0 Å². The number of sulfonamides is 1. The molecule has 0 saturated heterocycles. The number of hydrogen-bond donors (Lipinski definition) is 1. The Balaban J connectivity index is 5.15. The first-order valence-corrected chi connectivity index (χ1v) is 5.69. The van der Waals surface area contributed by atoms with Crippen LogP contribution in [-0.2, 0) is 20.4 Å². The number of nitrogens with one attached hydrogen (secondary N) is 1. The molecule has 0 aliphatic rings. The van der Waals surface area contributed by atoms with Crippen LogP contribution in [0.3, 0.4) is 0 Å². The van der Waals surface area contributed by atoms with Crippen molar-refractivity contribution in [3.8, 4) is 0 Å². The third-order valence-electron chi connectivity index (χ3n) is 1.10. The summed E-state index contributed by atoms with van der Waals surface area (Å²) >= 11 is 0. The quantitative estimate of drug-likeness (QED) is 0.549. The van der Waals surface area contributed by atoms with Gasteiger partial charge in [-0.1, -0.05) is 14.6 Å². The number of alkyl halides is 1. The van der Waals surface area contributed by atoms with Crippen molar-refractivity contribution in [1.29, 1.82) is 0 Å². The van der Waals surface area contributed by atoms with Crippen molar-refractivity contribution in [2.45, 2.75) is 11.9 Å². The minimum absolute atomic E-state index is 0.334. The van der Waals surface area contributed by atoms with Crippen molar-refractivity contribution >= 4 is 20.4 Å². The average molecular weight is 235 g/mol. The Labute approximate surface area is 74.8 Å². The summed E-state index contributed by atoms with van der Waals surface area (Å²) in [5.41, 5.74) is 0. The van der Waals surface area contributed by atoms with E-state index in [0.29, 0.717) is 17.1 Å². The highest BCUT2D eigenvalue weighted by molar-refractivity contribution is 8.03. The molecule has 0 aliphatic heterocycles. The minimum Gasteiger partial charge on any atom is -0.220 e. The summed E-state index contributed by atoms with van der Waals surface area (Å²) in [6, 6.07) is 0. The summed E-state index contributed by atoms with van der Waals surface area (Å²) in [6.07, 6.45) is 0.334. The lowest BCUT2D eigenvalue weighted by molar-refractivity contribution is 0.355. The van der Waals surface area contributed by atoms with Crippen molar-refractivity contribution in [2.75, 3.05) is 0 Å². The first kappa shape index (κ1) is 12.5. The van der Waals surface area contributed by atoms with E-state index in [-0.39, 0.29) is 0 Å². The van der Waals surface area contributed by atoms with E-state index in [4.69, 9.17) is 0 Å². The van der Waals surface area contributed by atoms with Crippen molar-refractivity contribution in [2.24, 2.45) is 0 Å². The first-order valence-electron chi connectivity index (χ1n) is 2.82. The molecular weight excluding hydrogens is 228 g/mol. The van der Waals surface area contributed by atoms with Crippen LogP contribution in [0, 0.1) is 0 Å². The maximum absolute atomic E-state index is 12.9. The van der Waals surface area contributed by atoms with E-state index in [2.05, 4.69) is 6.58 Å². The van der Waals surface area contributed by atoms with Gasteiger partial charge in [0.15, 0.2) is 0 Å². The number of rotatable bonds is 4. The van der Waals surface area contributed by atoms with Gasteiger partial charge in [0.1, 0.15) is 0 Å². The molecule has 0 saturated carbocycles. The fourth-order valence-electron chi connectivity index (χ4n) is 0.322. The van der Waals surface area contributed by atoms with Crippen LogP contribution in [0.25, 0.3) is 0 Å². The van der Waals surface area contributed by atoms with Crippen molar-refractivity contribution in [1.82, 2.24) is 4.13 Å². The Morgan fingerprint density at radius 1 is 1.38 bits per heavy atom. The number of halogens is 2. The Morgan fingerprint density at radius 2 is 1.77 bits per heavy atom. The van der Waals surface area contributed by atoms with Gasteiger partial charge in [0.2, 0.25) is 5.00 Å². The van der Waals surface area contributed by atoms with Crippen molar-refractivity contribution in [3.63, 3.8) is 0 Å². The van der Waals surface area contributed by atoms with Gasteiger partial charge in [-0.2, -0.15) is 8.42 Å². The summed E-state index contributed by atoms with van der Waals surface area (Å²) in [5.74, 6) is 0. The van der Waals surface area contributed by atoms with E-state index in [1.807, 2.05) is 0 Å². The zero-order valence-electron chi connectivity index (χ0n) is 6.49. The van der Waals surface area contributed by atoms with E-state index >= 15 is 0 Å². The van der Waals surface area contributed by atoms with E-state index in [0.717, 1.165) is 0 Å². The molecule has 9 heteroatoms. The van der Waals surface area contributed by atoms with Crippen LogP contribution >= 0.6 is 0 Å². The number of hydrogen-bond acceptors (Lipinski definition) is 4. The fourth-order valence-corrected chi connectivity index (χ4v) is 2.24. The normalized spacial score (nSPS) is 17.8. The SMILES string of the molecule is C=CC(C)(F)S(=O)(=O)NS(=O)(=O)F. The van der Waals surface area contributed by atoms with E-state index < -0.39 is 25.4 Å². The maximum atomic E-state index is 12.9. The molecule has 0 amide bonds.